The molecule has 1 N–H and O–H groups in total. The molecule has 0 saturated heterocycles. The predicted octanol–water partition coefficient (Wildman–Crippen LogP) is 3.53. The van der Waals surface area contributed by atoms with Gasteiger partial charge in [-0.15, -0.1) is 5.10 Å². The molecule has 5 rings (SSSR count). The van der Waals surface area contributed by atoms with Crippen molar-refractivity contribution >= 4 is 28.4 Å². The van der Waals surface area contributed by atoms with Crippen LogP contribution in [0.3, 0.4) is 0 Å². The van der Waals surface area contributed by atoms with E-state index in [1.54, 1.807) is 4.90 Å². The summed E-state index contributed by atoms with van der Waals surface area (Å²) in [5, 5.41) is 8.42. The van der Waals surface area contributed by atoms with Crippen LogP contribution in [0, 0.1) is 5.82 Å². The fourth-order valence-electron chi connectivity index (χ4n) is 5.90. The van der Waals surface area contributed by atoms with Gasteiger partial charge in [0.05, 0.1) is 20.2 Å². The van der Waals surface area contributed by atoms with Gasteiger partial charge in [0.1, 0.15) is 16.7 Å². The zero-order valence-corrected chi connectivity index (χ0v) is 23.6. The lowest BCUT2D eigenvalue weighted by Crippen LogP contribution is -2.42. The second-order valence-corrected chi connectivity index (χ2v) is 10.8. The third-order valence-electron chi connectivity index (χ3n) is 7.92. The molecule has 1 amide bonds. The molecule has 2 aliphatic rings. The molecule has 1 atom stereocenters. The smallest absolute Gasteiger partial charge is 0.280 e. The second kappa shape index (κ2) is 11.4. The number of methoxy groups -OCH3 is 1. The number of aromatic nitrogens is 3. The van der Waals surface area contributed by atoms with Gasteiger partial charge in [-0.25, -0.2) is 9.07 Å². The number of halogens is 1. The van der Waals surface area contributed by atoms with Gasteiger partial charge >= 0.3 is 0 Å². The Labute approximate surface area is 232 Å². The summed E-state index contributed by atoms with van der Waals surface area (Å²) in [5.41, 5.74) is 1.17. The molecular formula is C29H37FN6O4. The Morgan fingerprint density at radius 3 is 2.65 bits per heavy atom. The van der Waals surface area contributed by atoms with E-state index in [9.17, 15) is 18.8 Å². The van der Waals surface area contributed by atoms with Gasteiger partial charge in [-0.1, -0.05) is 18.9 Å². The molecule has 2 bridgehead atoms. The number of likely N-dealkylation sites (N-methyl/N-ethyl adjacent to an activating group) is 2. The predicted molar refractivity (Wildman–Crippen MR) is 151 cm³/mol. The fraction of sp³-hybridized carbons (Fsp3) is 0.517. The van der Waals surface area contributed by atoms with Crippen LogP contribution in [0.25, 0.3) is 10.9 Å². The van der Waals surface area contributed by atoms with Crippen LogP contribution in [-0.4, -0.2) is 82.7 Å². The molecule has 40 heavy (non-hydrogen) atoms. The number of hydrogen-bond acceptors (Lipinski definition) is 7. The number of amides is 1. The molecule has 4 heterocycles. The zero-order valence-electron chi connectivity index (χ0n) is 23.6. The van der Waals surface area contributed by atoms with Gasteiger partial charge in [0, 0.05) is 31.2 Å². The van der Waals surface area contributed by atoms with E-state index in [0.29, 0.717) is 42.2 Å². The van der Waals surface area contributed by atoms with Gasteiger partial charge in [0.15, 0.2) is 23.0 Å². The number of nitrogens with one attached hydrogen (secondary N) is 1. The zero-order chi connectivity index (χ0) is 28.6. The first-order valence-corrected chi connectivity index (χ1v) is 14.0. The topological polar surface area (TPSA) is 102 Å². The lowest BCUT2D eigenvalue weighted by Gasteiger charge is -2.32. The minimum atomic E-state index is -0.517. The maximum atomic E-state index is 14.3. The number of anilines is 1. The van der Waals surface area contributed by atoms with Gasteiger partial charge in [-0.05, 0) is 58.0 Å². The van der Waals surface area contributed by atoms with E-state index in [-0.39, 0.29) is 47.5 Å². The number of Topliss-reactive ketones (excluding diaryl/α,β-unsaturated/α-hetero) is 1. The van der Waals surface area contributed by atoms with E-state index in [2.05, 4.69) is 5.32 Å². The van der Waals surface area contributed by atoms with Gasteiger partial charge < -0.3 is 19.5 Å². The summed E-state index contributed by atoms with van der Waals surface area (Å²) in [6.45, 7) is 6.50. The molecule has 2 aliphatic heterocycles. The minimum absolute atomic E-state index is 0.0389. The van der Waals surface area contributed by atoms with Gasteiger partial charge in [0.25, 0.3) is 11.5 Å². The van der Waals surface area contributed by atoms with Crippen molar-refractivity contribution in [1.82, 2.24) is 24.1 Å². The molecular weight excluding hydrogens is 515 g/mol. The van der Waals surface area contributed by atoms with Crippen molar-refractivity contribution in [3.8, 4) is 5.75 Å². The van der Waals surface area contributed by atoms with E-state index < -0.39 is 11.4 Å². The van der Waals surface area contributed by atoms with E-state index >= 15 is 0 Å². The Morgan fingerprint density at radius 1 is 1.12 bits per heavy atom. The van der Waals surface area contributed by atoms with Gasteiger partial charge in [-0.2, -0.15) is 0 Å². The number of carbonyl (C=O) groups is 2. The number of benzene rings is 1. The van der Waals surface area contributed by atoms with Crippen LogP contribution in [0.15, 0.2) is 23.0 Å². The number of carbonyl (C=O) groups excluding carboxylic acids is 2. The highest BCUT2D eigenvalue weighted by atomic mass is 19.1. The van der Waals surface area contributed by atoms with Crippen LogP contribution in [0.4, 0.5) is 10.2 Å². The van der Waals surface area contributed by atoms with Crippen LogP contribution in [0.2, 0.25) is 0 Å². The number of rotatable bonds is 2. The summed E-state index contributed by atoms with van der Waals surface area (Å²) in [6.07, 6.45) is 3.84. The first kappa shape index (κ1) is 27.8. The van der Waals surface area contributed by atoms with Crippen LogP contribution in [-0.2, 0) is 6.54 Å². The van der Waals surface area contributed by atoms with Crippen molar-refractivity contribution in [3.05, 3.63) is 51.2 Å². The Morgan fingerprint density at radius 2 is 1.90 bits per heavy atom. The summed E-state index contributed by atoms with van der Waals surface area (Å²) in [5.74, 6) is -0.227. The van der Waals surface area contributed by atoms with Gasteiger partial charge in [0.2, 0.25) is 0 Å². The normalized spacial score (nSPS) is 19.3. The summed E-state index contributed by atoms with van der Waals surface area (Å²) >= 11 is 0. The summed E-state index contributed by atoms with van der Waals surface area (Å²) in [7, 11) is 3.35. The molecule has 0 fully saturated rings. The van der Waals surface area contributed by atoms with E-state index in [1.165, 1.54) is 30.0 Å². The molecule has 2 aromatic heterocycles. The number of nitrogens with zero attached hydrogens (tertiary/aromatic N) is 5. The van der Waals surface area contributed by atoms with E-state index in [1.807, 2.05) is 30.4 Å². The first-order valence-electron chi connectivity index (χ1n) is 14.0. The quantitative estimate of drug-likeness (QED) is 0.519. The lowest BCUT2D eigenvalue weighted by atomic mass is 10.0. The Balaban J connectivity index is 1.73. The highest BCUT2D eigenvalue weighted by Gasteiger charge is 2.37. The number of ketones is 1. The summed E-state index contributed by atoms with van der Waals surface area (Å²) in [4.78, 5) is 44.5. The maximum Gasteiger partial charge on any atom is 0.280 e. The van der Waals surface area contributed by atoms with E-state index in [0.717, 1.165) is 32.2 Å². The standard InChI is InChI=1S/C29H37FN6O4/c1-5-34-15-18(2)36-24-23(26(40-4)25(36)29(34)39)28(38)35-16-19-10-11-20(30)14-21(19)22(37)17-33(3)13-9-7-6-8-12-31-27(24)32-35/h10-11,14,18H,5-9,12-13,15-17H2,1-4H3,(H,31,32)/t18-/m0/s1. The monoisotopic (exact) mass is 552 g/mol. The third-order valence-corrected chi connectivity index (χ3v) is 7.92. The summed E-state index contributed by atoms with van der Waals surface area (Å²) < 4.78 is 23.2. The third kappa shape index (κ3) is 4.98. The molecule has 3 aromatic rings. The van der Waals surface area contributed by atoms with Crippen LogP contribution in [0.1, 0.15) is 72.0 Å². The molecule has 0 radical (unpaired) electrons. The van der Waals surface area contributed by atoms with Gasteiger partial charge in [-0.3, -0.25) is 19.3 Å². The number of ether oxygens (including phenoxy) is 1. The highest BCUT2D eigenvalue weighted by Crippen LogP contribution is 2.39. The molecule has 1 aromatic carbocycles. The van der Waals surface area contributed by atoms with Crippen molar-refractivity contribution in [1.29, 1.82) is 0 Å². The Bertz CT molecular complexity index is 1510. The lowest BCUT2D eigenvalue weighted by molar-refractivity contribution is 0.0685. The van der Waals surface area contributed by atoms with Crippen molar-refractivity contribution in [2.24, 2.45) is 0 Å². The molecule has 0 aliphatic carbocycles. The SMILES string of the molecule is CCN1C[C@H](C)n2c(c(OC)c3c(=O)n4nc(c32)NCCCCCCN(C)CC(=O)c2cc(F)ccc2C4)C1=O. The Hall–Kier alpha value is -3.73. The van der Waals surface area contributed by atoms with E-state index in [4.69, 9.17) is 9.84 Å². The van der Waals surface area contributed by atoms with Crippen molar-refractivity contribution in [3.63, 3.8) is 0 Å². The molecule has 11 heteroatoms. The highest BCUT2D eigenvalue weighted by molar-refractivity contribution is 6.07. The molecule has 10 nitrogen and oxygen atoms in total. The van der Waals surface area contributed by atoms with Crippen molar-refractivity contribution in [2.45, 2.75) is 52.1 Å². The van der Waals surface area contributed by atoms with Crippen LogP contribution < -0.4 is 15.6 Å². The molecule has 0 spiro atoms. The molecule has 214 valence electrons. The maximum absolute atomic E-state index is 14.3. The number of hydrogen-bond donors (Lipinski definition) is 1. The summed E-state index contributed by atoms with van der Waals surface area (Å²) in [6, 6.07) is 3.94. The minimum Gasteiger partial charge on any atom is -0.493 e. The average Bonchev–Trinajstić information content (AvgIpc) is 3.29. The fourth-order valence-corrected chi connectivity index (χ4v) is 5.90. The number of fused-ring (bicyclic) bond motifs is 7. The Kier molecular flexibility index (Phi) is 7.93. The largest absolute Gasteiger partial charge is 0.493 e. The van der Waals surface area contributed by atoms with Crippen LogP contribution in [0.5, 0.6) is 5.75 Å². The average molecular weight is 553 g/mol. The van der Waals surface area contributed by atoms with Crippen LogP contribution >= 0.6 is 0 Å². The second-order valence-electron chi connectivity index (χ2n) is 10.8. The molecule has 0 unspecified atom stereocenters. The first-order chi connectivity index (χ1) is 19.2. The van der Waals surface area contributed by atoms with Crippen molar-refractivity contribution < 1.29 is 18.7 Å². The molecule has 0 saturated carbocycles. The van der Waals surface area contributed by atoms with Crippen molar-refractivity contribution in [2.75, 3.05) is 52.2 Å².